The van der Waals surface area contributed by atoms with Crippen LogP contribution in [0.25, 0.3) is 59.1 Å². The summed E-state index contributed by atoms with van der Waals surface area (Å²) in [5.41, 5.74) is 36.8. The second-order valence-electron chi connectivity index (χ2n) is 14.7. The number of rotatable bonds is 1. The van der Waals surface area contributed by atoms with Crippen molar-refractivity contribution < 1.29 is 5.11 Å². The molecule has 6 aromatic rings. The zero-order chi connectivity index (χ0) is 35.3. The molecule has 250 valence electrons. The lowest BCUT2D eigenvalue weighted by Gasteiger charge is -2.41. The van der Waals surface area contributed by atoms with E-state index in [1.807, 2.05) is 24.3 Å². The van der Waals surface area contributed by atoms with E-state index in [1.165, 1.54) is 0 Å². The molecule has 0 unspecified atom stereocenters. The minimum Gasteiger partial charge on any atom is -0.872 e. The molecule has 0 atom stereocenters. The second kappa shape index (κ2) is 9.74. The van der Waals surface area contributed by atoms with Gasteiger partial charge in [-0.05, 0) is 70.5 Å². The lowest BCUT2D eigenvalue weighted by atomic mass is 9.71. The van der Waals surface area contributed by atoms with Crippen LogP contribution in [0.3, 0.4) is 0 Å². The van der Waals surface area contributed by atoms with Crippen LogP contribution < -0.4 is 48.1 Å². The van der Waals surface area contributed by atoms with Gasteiger partial charge in [-0.15, -0.1) is 0 Å². The van der Waals surface area contributed by atoms with Crippen LogP contribution in [0.1, 0.15) is 27.8 Å². The van der Waals surface area contributed by atoms with E-state index in [1.54, 1.807) is 0 Å². The summed E-state index contributed by atoms with van der Waals surface area (Å²) in [6.45, 7) is 11.8. The normalized spacial score (nSPS) is 17.8. The summed E-state index contributed by atoms with van der Waals surface area (Å²) in [4.78, 5) is 6.17. The average molecular weight is 677 g/mol. The quantitative estimate of drug-likeness (QED) is 0.0678. The van der Waals surface area contributed by atoms with Crippen LogP contribution in [0.2, 0.25) is 0 Å². The van der Waals surface area contributed by atoms with Crippen molar-refractivity contribution in [3.63, 3.8) is 0 Å². The maximum Gasteiger partial charge on any atom is 0.270 e. The summed E-state index contributed by atoms with van der Waals surface area (Å²) in [6.07, 6.45) is 3.36. The Bertz CT molecular complexity index is 2930. The number of allylic oxidation sites excluding steroid dienone is 3. The molecular formula is C43H32N8O. The number of anilines is 5. The maximum absolute atomic E-state index is 15.5. The molecule has 1 aliphatic carbocycles. The number of benzene rings is 6. The predicted octanol–water partition coefficient (Wildman–Crippen LogP) is 3.78. The molecule has 0 amide bonds. The highest BCUT2D eigenvalue weighted by atomic mass is 16.3. The second-order valence-corrected chi connectivity index (χ2v) is 14.7. The summed E-state index contributed by atoms with van der Waals surface area (Å²) in [6, 6.07) is 18.1. The predicted molar refractivity (Wildman–Crippen MR) is 207 cm³/mol. The fourth-order valence-corrected chi connectivity index (χ4v) is 10.2. The standard InChI is InChI=1S/C43H32N8O/c1-49-27(18-44)36-39(37-32-23(45)6-2-19-10-14-50-15-11-20-3-7-24(46)33(37)29(20)41(50)28(19)32)43(52)40(36)38-34-25(47)8-4-21-12-16-51-17-13-22-5-9-26(48)35(38)31(22)42(51)30(21)34/h2-9H,10-17,45-48H2. The average Bonchev–Trinajstić information content (AvgIpc) is 3.16. The van der Waals surface area contributed by atoms with Crippen LogP contribution in [-0.2, 0) is 25.7 Å². The largest absolute Gasteiger partial charge is 0.872 e. The first-order valence-corrected chi connectivity index (χ1v) is 17.8. The highest BCUT2D eigenvalue weighted by molar-refractivity contribution is 6.31. The SMILES string of the molecule is [C-]#[N+]/C(C#N)=C1/C(c2c3c(N)ccc4c3c3c5c(ccc(N)c25)CCN3CC4)=C([O-])C1=c1c2c(N)ccc3c2c2c4c(ccc(N)c14)CC[N+]=2CC3. The van der Waals surface area contributed by atoms with Gasteiger partial charge in [0, 0.05) is 97.4 Å². The van der Waals surface area contributed by atoms with Crippen molar-refractivity contribution in [2.24, 2.45) is 0 Å². The van der Waals surface area contributed by atoms with Crippen molar-refractivity contribution >= 4 is 82.7 Å². The summed E-state index contributed by atoms with van der Waals surface area (Å²) in [5.74, 6) is -0.279. The van der Waals surface area contributed by atoms with Gasteiger partial charge in [0.2, 0.25) is 5.36 Å². The summed E-state index contributed by atoms with van der Waals surface area (Å²) < 4.78 is 2.41. The Balaban J connectivity index is 1.43. The molecule has 0 fully saturated rings. The van der Waals surface area contributed by atoms with Gasteiger partial charge in [0.15, 0.2) is 0 Å². The van der Waals surface area contributed by atoms with E-state index in [9.17, 15) is 5.26 Å². The Labute approximate surface area is 298 Å². The third kappa shape index (κ3) is 3.29. The van der Waals surface area contributed by atoms with E-state index < -0.39 is 0 Å². The molecule has 0 saturated carbocycles. The summed E-state index contributed by atoms with van der Waals surface area (Å²) >= 11 is 0. The lowest BCUT2D eigenvalue weighted by molar-refractivity contribution is -0.292. The molecular weight excluding hydrogens is 645 g/mol. The zero-order valence-electron chi connectivity index (χ0n) is 28.3. The van der Waals surface area contributed by atoms with E-state index in [0.717, 1.165) is 128 Å². The van der Waals surface area contributed by atoms with E-state index in [0.29, 0.717) is 50.3 Å². The highest BCUT2D eigenvalue weighted by Crippen LogP contribution is 2.56. The van der Waals surface area contributed by atoms with Crippen molar-refractivity contribution in [2.45, 2.75) is 25.7 Å². The fraction of sp³-hybridized carbons (Fsp3) is 0.186. The van der Waals surface area contributed by atoms with Gasteiger partial charge in [0.05, 0.1) is 29.1 Å². The number of hydrogen-bond acceptors (Lipinski definition) is 7. The van der Waals surface area contributed by atoms with Crippen molar-refractivity contribution in [3.05, 3.63) is 115 Å². The molecule has 4 aliphatic heterocycles. The van der Waals surface area contributed by atoms with E-state index in [4.69, 9.17) is 29.5 Å². The molecule has 5 aliphatic rings. The number of nitrogens with zero attached hydrogens (tertiary/aromatic N) is 4. The molecule has 0 aromatic heterocycles. The molecule has 0 spiro atoms. The Morgan fingerprint density at radius 2 is 1.15 bits per heavy atom. The fourth-order valence-electron chi connectivity index (χ4n) is 10.2. The molecule has 0 saturated heterocycles. The Morgan fingerprint density at radius 1 is 0.673 bits per heavy atom. The monoisotopic (exact) mass is 676 g/mol. The topological polar surface area (TPSA) is 162 Å². The number of nitriles is 1. The van der Waals surface area contributed by atoms with Crippen LogP contribution in [0.4, 0.5) is 28.4 Å². The molecule has 4 heterocycles. The molecule has 52 heavy (non-hydrogen) atoms. The lowest BCUT2D eigenvalue weighted by Crippen LogP contribution is -2.43. The molecule has 6 aromatic carbocycles. The molecule has 8 N–H and O–H groups in total. The maximum atomic E-state index is 15.5. The third-order valence-electron chi connectivity index (χ3n) is 12.4. The summed E-state index contributed by atoms with van der Waals surface area (Å²) in [5, 5.41) is 34.8. The van der Waals surface area contributed by atoms with Crippen molar-refractivity contribution in [1.29, 1.82) is 5.26 Å². The van der Waals surface area contributed by atoms with Gasteiger partial charge >= 0.3 is 0 Å². The van der Waals surface area contributed by atoms with Gasteiger partial charge in [0.25, 0.3) is 5.70 Å². The summed E-state index contributed by atoms with van der Waals surface area (Å²) in [7, 11) is 0. The number of nitrogens with two attached hydrogens (primary N) is 4. The first-order chi connectivity index (χ1) is 25.3. The smallest absolute Gasteiger partial charge is 0.270 e. The van der Waals surface area contributed by atoms with Crippen molar-refractivity contribution in [3.8, 4) is 6.07 Å². The van der Waals surface area contributed by atoms with Crippen LogP contribution in [0.5, 0.6) is 0 Å². The van der Waals surface area contributed by atoms with Crippen LogP contribution >= 0.6 is 0 Å². The van der Waals surface area contributed by atoms with Gasteiger partial charge in [-0.25, -0.2) is 14.7 Å². The van der Waals surface area contributed by atoms with Crippen LogP contribution in [0, 0.1) is 17.9 Å². The van der Waals surface area contributed by atoms with E-state index in [-0.39, 0.29) is 11.5 Å². The van der Waals surface area contributed by atoms with Crippen molar-refractivity contribution in [1.82, 2.24) is 4.58 Å². The molecule has 9 nitrogen and oxygen atoms in total. The molecule has 0 radical (unpaired) electrons. The molecule has 0 bridgehead atoms. The zero-order valence-corrected chi connectivity index (χ0v) is 28.3. The Kier molecular flexibility index (Phi) is 5.45. The van der Waals surface area contributed by atoms with Gasteiger partial charge in [-0.1, -0.05) is 30.0 Å². The van der Waals surface area contributed by atoms with E-state index in [2.05, 4.69) is 44.7 Å². The molecule has 11 rings (SSSR count). The van der Waals surface area contributed by atoms with Crippen LogP contribution in [0.15, 0.2) is 65.6 Å². The van der Waals surface area contributed by atoms with Crippen LogP contribution in [-0.4, -0.2) is 26.2 Å². The minimum atomic E-state index is -0.279. The third-order valence-corrected chi connectivity index (χ3v) is 12.4. The van der Waals surface area contributed by atoms with Gasteiger partial charge < -0.3 is 32.9 Å². The van der Waals surface area contributed by atoms with E-state index >= 15 is 5.11 Å². The molecule has 9 heteroatoms. The Morgan fingerprint density at radius 3 is 1.63 bits per heavy atom. The minimum absolute atomic E-state index is 0.170. The number of nitrogen functional groups attached to an aromatic ring is 4. The first kappa shape index (κ1) is 29.1. The number of hydrogen-bond donors (Lipinski definition) is 4. The van der Waals surface area contributed by atoms with Gasteiger partial charge in [-0.2, -0.15) is 0 Å². The first-order valence-electron chi connectivity index (χ1n) is 17.8. The van der Waals surface area contributed by atoms with Crippen molar-refractivity contribution in [2.75, 3.05) is 54.0 Å². The Hall–Kier alpha value is -6.71. The highest BCUT2D eigenvalue weighted by Gasteiger charge is 2.38. The van der Waals surface area contributed by atoms with Gasteiger partial charge in [-0.3, -0.25) is 0 Å². The van der Waals surface area contributed by atoms with Gasteiger partial charge in [0.1, 0.15) is 13.1 Å².